The molecule has 0 aromatic heterocycles. The van der Waals surface area contributed by atoms with Crippen LogP contribution < -0.4 is 18.9 Å². The molecule has 0 fully saturated rings. The molecular weight excluding hydrogens is 656 g/mol. The normalized spacial score (nSPS) is 10.5. The van der Waals surface area contributed by atoms with Gasteiger partial charge in [-0.25, -0.2) is 9.59 Å². The fourth-order valence-corrected chi connectivity index (χ4v) is 4.67. The molecule has 0 N–H and O–H groups in total. The van der Waals surface area contributed by atoms with E-state index in [-0.39, 0.29) is 13.2 Å². The zero-order valence-electron chi connectivity index (χ0n) is 29.5. The molecule has 266 valence electrons. The second kappa shape index (κ2) is 18.6. The smallest absolute Gasteiger partial charge is 0.333 e. The van der Waals surface area contributed by atoms with E-state index < -0.39 is 11.9 Å². The van der Waals surface area contributed by atoms with Crippen molar-refractivity contribution in [3.63, 3.8) is 0 Å². The fourth-order valence-electron chi connectivity index (χ4n) is 4.67. The highest BCUT2D eigenvalue weighted by Gasteiger charge is 2.06. The van der Waals surface area contributed by atoms with Crippen LogP contribution in [-0.4, -0.2) is 11.9 Å². The standard InChI is InChI=1S/C44H42O8/c1-31(2)43(45)51-29-35-9-5-33(6-10-35)25-47-39-17-13-37(14-18-39)27-48-40-19-15-38(16-20-40)28-50-42-23-21-41(22-24-42)49-26-34-7-11-36(12-8-34)30-52-44(46)32(3)4/h5-24H,1,3,25-30H2,2,4H3. The molecule has 0 aliphatic heterocycles. The Balaban J connectivity index is 0.979. The molecule has 0 radical (unpaired) electrons. The van der Waals surface area contributed by atoms with Crippen LogP contribution in [0.3, 0.4) is 0 Å². The van der Waals surface area contributed by atoms with Gasteiger partial charge in [0.2, 0.25) is 0 Å². The first-order valence-electron chi connectivity index (χ1n) is 16.8. The van der Waals surface area contributed by atoms with Crippen molar-refractivity contribution >= 4 is 11.9 Å². The predicted molar refractivity (Wildman–Crippen MR) is 199 cm³/mol. The van der Waals surface area contributed by atoms with Gasteiger partial charge >= 0.3 is 11.9 Å². The van der Waals surface area contributed by atoms with Crippen molar-refractivity contribution in [1.82, 2.24) is 0 Å². The quantitative estimate of drug-likeness (QED) is 0.0661. The minimum absolute atomic E-state index is 0.208. The molecule has 0 amide bonds. The molecule has 0 spiro atoms. The first-order valence-corrected chi connectivity index (χ1v) is 16.8. The van der Waals surface area contributed by atoms with Gasteiger partial charge in [-0.05, 0) is 95.8 Å². The van der Waals surface area contributed by atoms with E-state index in [0.717, 1.165) is 56.4 Å². The van der Waals surface area contributed by atoms with Gasteiger partial charge in [0.15, 0.2) is 0 Å². The van der Waals surface area contributed by atoms with E-state index in [1.165, 1.54) is 0 Å². The van der Waals surface area contributed by atoms with Gasteiger partial charge in [-0.1, -0.05) is 86.0 Å². The van der Waals surface area contributed by atoms with Crippen LogP contribution in [0.4, 0.5) is 0 Å². The summed E-state index contributed by atoms with van der Waals surface area (Å²) in [6.45, 7) is 12.5. The number of carbonyl (C=O) groups excluding carboxylic acids is 2. The molecular formula is C44H42O8. The van der Waals surface area contributed by atoms with Crippen LogP contribution in [0.15, 0.2) is 146 Å². The minimum atomic E-state index is -0.398. The largest absolute Gasteiger partial charge is 0.489 e. The summed E-state index contributed by atoms with van der Waals surface area (Å²) in [6.07, 6.45) is 0. The average molecular weight is 699 g/mol. The van der Waals surface area contributed by atoms with E-state index in [1.54, 1.807) is 13.8 Å². The van der Waals surface area contributed by atoms with Gasteiger partial charge in [-0.2, -0.15) is 0 Å². The first kappa shape index (κ1) is 37.0. The molecule has 0 bridgehead atoms. The van der Waals surface area contributed by atoms with Gasteiger partial charge in [-0.15, -0.1) is 0 Å². The molecule has 0 saturated carbocycles. The van der Waals surface area contributed by atoms with Crippen LogP contribution in [0.5, 0.6) is 23.0 Å². The van der Waals surface area contributed by atoms with Gasteiger partial charge in [-0.3, -0.25) is 0 Å². The molecule has 52 heavy (non-hydrogen) atoms. The van der Waals surface area contributed by atoms with Crippen LogP contribution in [0.25, 0.3) is 0 Å². The van der Waals surface area contributed by atoms with E-state index in [4.69, 9.17) is 28.4 Å². The maximum absolute atomic E-state index is 11.6. The highest BCUT2D eigenvalue weighted by molar-refractivity contribution is 5.87. The number of hydrogen-bond acceptors (Lipinski definition) is 8. The van der Waals surface area contributed by atoms with Gasteiger partial charge in [0.25, 0.3) is 0 Å². The van der Waals surface area contributed by atoms with E-state index in [0.29, 0.717) is 37.6 Å². The maximum atomic E-state index is 11.6. The Labute approximate surface area is 304 Å². The topological polar surface area (TPSA) is 89.5 Å². The fraction of sp³-hybridized carbons (Fsp3) is 0.182. The number of rotatable bonds is 18. The summed E-state index contributed by atoms with van der Waals surface area (Å²) in [4.78, 5) is 23.1. The number of benzene rings is 5. The Morgan fingerprint density at radius 2 is 0.558 bits per heavy atom. The van der Waals surface area contributed by atoms with Gasteiger partial charge in [0.1, 0.15) is 62.6 Å². The Kier molecular flexibility index (Phi) is 13.3. The van der Waals surface area contributed by atoms with E-state index >= 15 is 0 Å². The number of carbonyl (C=O) groups is 2. The van der Waals surface area contributed by atoms with Crippen molar-refractivity contribution in [2.24, 2.45) is 0 Å². The third-order valence-corrected chi connectivity index (χ3v) is 7.78. The molecule has 5 rings (SSSR count). The summed E-state index contributed by atoms with van der Waals surface area (Å²) in [7, 11) is 0. The predicted octanol–water partition coefficient (Wildman–Crippen LogP) is 9.24. The zero-order chi connectivity index (χ0) is 36.7. The summed E-state index contributed by atoms with van der Waals surface area (Å²) >= 11 is 0. The number of esters is 2. The lowest BCUT2D eigenvalue weighted by atomic mass is 10.1. The van der Waals surface area contributed by atoms with E-state index in [1.807, 2.05) is 121 Å². The monoisotopic (exact) mass is 698 g/mol. The van der Waals surface area contributed by atoms with Crippen LogP contribution in [0.1, 0.15) is 47.2 Å². The molecule has 0 aliphatic rings. The van der Waals surface area contributed by atoms with Crippen molar-refractivity contribution in [3.8, 4) is 23.0 Å². The van der Waals surface area contributed by atoms with E-state index in [9.17, 15) is 9.59 Å². The minimum Gasteiger partial charge on any atom is -0.489 e. The molecule has 0 atom stereocenters. The molecule has 0 saturated heterocycles. The Morgan fingerprint density at radius 3 is 0.788 bits per heavy atom. The van der Waals surface area contributed by atoms with Crippen molar-refractivity contribution in [1.29, 1.82) is 0 Å². The second-order valence-electron chi connectivity index (χ2n) is 12.3. The zero-order valence-corrected chi connectivity index (χ0v) is 29.5. The molecule has 0 unspecified atom stereocenters. The molecule has 5 aromatic carbocycles. The SMILES string of the molecule is C=C(C)C(=O)OCc1ccc(COc2ccc(COc3ccc(COc4ccc(OCc5ccc(COC(=O)C(=C)C)cc5)cc4)cc3)cc2)cc1. The summed E-state index contributed by atoms with van der Waals surface area (Å²) in [5.74, 6) is 2.21. The summed E-state index contributed by atoms with van der Waals surface area (Å²) in [5.41, 5.74) is 6.62. The van der Waals surface area contributed by atoms with Crippen molar-refractivity contribution < 1.29 is 38.0 Å². The second-order valence-corrected chi connectivity index (χ2v) is 12.3. The molecule has 5 aromatic rings. The third-order valence-electron chi connectivity index (χ3n) is 7.78. The first-order chi connectivity index (χ1) is 25.2. The van der Waals surface area contributed by atoms with Crippen LogP contribution in [0, 0.1) is 0 Å². The summed E-state index contributed by atoms with van der Waals surface area (Å²) in [6, 6.07) is 38.7. The lowest BCUT2D eigenvalue weighted by molar-refractivity contribution is -0.141. The Hall–Kier alpha value is -6.28. The molecule has 0 heterocycles. The van der Waals surface area contributed by atoms with Crippen LogP contribution >= 0.6 is 0 Å². The lowest BCUT2D eigenvalue weighted by Gasteiger charge is -2.11. The van der Waals surface area contributed by atoms with Crippen molar-refractivity contribution in [2.45, 2.75) is 53.5 Å². The van der Waals surface area contributed by atoms with Gasteiger partial charge in [0, 0.05) is 11.1 Å². The number of ether oxygens (including phenoxy) is 6. The molecule has 8 heteroatoms. The number of hydrogen-bond donors (Lipinski definition) is 0. The maximum Gasteiger partial charge on any atom is 0.333 e. The highest BCUT2D eigenvalue weighted by atomic mass is 16.5. The Morgan fingerprint density at radius 1 is 0.365 bits per heavy atom. The summed E-state index contributed by atoms with van der Waals surface area (Å²) in [5, 5.41) is 0. The van der Waals surface area contributed by atoms with Crippen LogP contribution in [0.2, 0.25) is 0 Å². The molecule has 8 nitrogen and oxygen atoms in total. The highest BCUT2D eigenvalue weighted by Crippen LogP contribution is 2.22. The van der Waals surface area contributed by atoms with Crippen LogP contribution in [-0.2, 0) is 58.7 Å². The average Bonchev–Trinajstić information content (AvgIpc) is 3.17. The third kappa shape index (κ3) is 11.9. The van der Waals surface area contributed by atoms with Crippen molar-refractivity contribution in [2.75, 3.05) is 0 Å². The lowest BCUT2D eigenvalue weighted by Crippen LogP contribution is -2.05. The Bertz CT molecular complexity index is 1780. The summed E-state index contributed by atoms with van der Waals surface area (Å²) < 4.78 is 34.2. The van der Waals surface area contributed by atoms with Gasteiger partial charge < -0.3 is 28.4 Å². The molecule has 0 aliphatic carbocycles. The van der Waals surface area contributed by atoms with Crippen molar-refractivity contribution in [3.05, 3.63) is 179 Å². The van der Waals surface area contributed by atoms with Gasteiger partial charge in [0.05, 0.1) is 0 Å². The van der Waals surface area contributed by atoms with E-state index in [2.05, 4.69) is 13.2 Å².